The van der Waals surface area contributed by atoms with E-state index >= 15 is 0 Å². The summed E-state index contributed by atoms with van der Waals surface area (Å²) < 4.78 is 35.6. The molecule has 0 saturated heterocycles. The molecule has 0 aliphatic rings. The summed E-state index contributed by atoms with van der Waals surface area (Å²) >= 11 is 0. The Morgan fingerprint density at radius 2 is 1.57 bits per heavy atom. The lowest BCUT2D eigenvalue weighted by Gasteiger charge is -2.13. The maximum absolute atomic E-state index is 13.5. The molecule has 10 nitrogen and oxygen atoms in total. The van der Waals surface area contributed by atoms with Crippen LogP contribution in [0.1, 0.15) is 11.1 Å². The first-order valence-electron chi connectivity index (χ1n) is 10.2. The molecule has 0 unspecified atom stereocenters. The molecule has 2 aromatic carbocycles. The summed E-state index contributed by atoms with van der Waals surface area (Å²) in [5.74, 6) is 0.0640. The summed E-state index contributed by atoms with van der Waals surface area (Å²) in [5, 5.41) is 2.63. The Labute approximate surface area is 199 Å². The molecule has 1 heterocycles. The van der Waals surface area contributed by atoms with Gasteiger partial charge in [0, 0.05) is 0 Å². The van der Waals surface area contributed by atoms with E-state index in [1.165, 1.54) is 28.4 Å². The molecule has 0 atom stereocenters. The van der Waals surface area contributed by atoms with E-state index in [0.29, 0.717) is 34.9 Å². The van der Waals surface area contributed by atoms with Crippen LogP contribution in [0.5, 0.6) is 23.0 Å². The number of nitrogens with one attached hydrogen (secondary N) is 2. The van der Waals surface area contributed by atoms with Crippen molar-refractivity contribution in [2.45, 2.75) is 6.54 Å². The van der Waals surface area contributed by atoms with Gasteiger partial charge < -0.3 is 24.3 Å². The summed E-state index contributed by atoms with van der Waals surface area (Å²) in [5.41, 5.74) is -0.217. The average molecular weight is 485 g/mol. The lowest BCUT2D eigenvalue weighted by Crippen LogP contribution is -2.34. The van der Waals surface area contributed by atoms with Crippen molar-refractivity contribution in [3.63, 3.8) is 0 Å². The molecule has 1 amide bonds. The minimum absolute atomic E-state index is 0.336. The zero-order chi connectivity index (χ0) is 25.5. The van der Waals surface area contributed by atoms with E-state index in [9.17, 15) is 18.8 Å². The number of hydrogen-bond acceptors (Lipinski definition) is 7. The maximum Gasteiger partial charge on any atom is 0.328 e. The first-order chi connectivity index (χ1) is 16.8. The molecule has 1 aromatic heterocycles. The van der Waals surface area contributed by atoms with Crippen LogP contribution in [0, 0.1) is 5.82 Å². The quantitative estimate of drug-likeness (QED) is 0.447. The number of hydrogen-bond donors (Lipinski definition) is 2. The van der Waals surface area contributed by atoms with Gasteiger partial charge in [-0.25, -0.2) is 4.79 Å². The van der Waals surface area contributed by atoms with Crippen LogP contribution in [0.15, 0.2) is 46.1 Å². The van der Waals surface area contributed by atoms with Crippen molar-refractivity contribution < 1.29 is 28.1 Å². The standard InChI is InChI=1S/C24H24FN3O7/c1-32-18-8-7-14(5-6-15-10-19(33-2)22(35-4)20(11-15)34-3)9-17(18)26-21(29)13-28-12-16(25)23(30)27-24(28)31/h5-12H,13H2,1-4H3,(H,26,29)(H,27,30,31). The van der Waals surface area contributed by atoms with Gasteiger partial charge in [-0.3, -0.25) is 19.1 Å². The average Bonchev–Trinajstić information content (AvgIpc) is 2.85. The number of benzene rings is 2. The number of anilines is 1. The number of carbonyl (C=O) groups is 1. The van der Waals surface area contributed by atoms with Crippen LogP contribution in [0.4, 0.5) is 10.1 Å². The van der Waals surface area contributed by atoms with E-state index < -0.39 is 29.5 Å². The van der Waals surface area contributed by atoms with E-state index in [0.717, 1.165) is 15.7 Å². The van der Waals surface area contributed by atoms with Crippen molar-refractivity contribution in [2.75, 3.05) is 33.8 Å². The smallest absolute Gasteiger partial charge is 0.328 e. The van der Waals surface area contributed by atoms with Gasteiger partial charge in [0.25, 0.3) is 5.56 Å². The first-order valence-corrected chi connectivity index (χ1v) is 10.2. The largest absolute Gasteiger partial charge is 0.495 e. The third kappa shape index (κ3) is 5.88. The van der Waals surface area contributed by atoms with Crippen molar-refractivity contribution in [3.05, 3.63) is 74.3 Å². The number of nitrogens with zero attached hydrogens (tertiary/aromatic N) is 1. The van der Waals surface area contributed by atoms with Crippen LogP contribution in [-0.4, -0.2) is 43.9 Å². The molecule has 0 radical (unpaired) electrons. The van der Waals surface area contributed by atoms with Gasteiger partial charge in [0.2, 0.25) is 17.5 Å². The monoisotopic (exact) mass is 485 g/mol. The normalized spacial score (nSPS) is 10.8. The minimum atomic E-state index is -1.17. The van der Waals surface area contributed by atoms with Gasteiger partial charge in [-0.05, 0) is 35.4 Å². The second-order valence-electron chi connectivity index (χ2n) is 7.16. The van der Waals surface area contributed by atoms with Gasteiger partial charge in [-0.2, -0.15) is 4.39 Å². The predicted octanol–water partition coefficient (Wildman–Crippen LogP) is 2.52. The number of carbonyl (C=O) groups excluding carboxylic acids is 1. The lowest BCUT2D eigenvalue weighted by atomic mass is 10.1. The first kappa shape index (κ1) is 25.1. The molecule has 3 aromatic rings. The zero-order valence-corrected chi connectivity index (χ0v) is 19.5. The van der Waals surface area contributed by atoms with Gasteiger partial charge in [-0.1, -0.05) is 18.2 Å². The van der Waals surface area contributed by atoms with Crippen LogP contribution in [0.2, 0.25) is 0 Å². The molecule has 0 bridgehead atoms. The minimum Gasteiger partial charge on any atom is -0.495 e. The Morgan fingerprint density at radius 3 is 2.17 bits per heavy atom. The second-order valence-corrected chi connectivity index (χ2v) is 7.16. The number of H-pyrrole nitrogens is 1. The molecule has 0 aliphatic heterocycles. The Hall–Kier alpha value is -4.54. The molecule has 0 fully saturated rings. The molecule has 3 rings (SSSR count). The zero-order valence-electron chi connectivity index (χ0n) is 19.5. The van der Waals surface area contributed by atoms with Crippen LogP contribution in [0.25, 0.3) is 12.2 Å². The van der Waals surface area contributed by atoms with E-state index in [1.807, 2.05) is 6.08 Å². The van der Waals surface area contributed by atoms with Crippen LogP contribution in [-0.2, 0) is 11.3 Å². The molecule has 11 heteroatoms. The van der Waals surface area contributed by atoms with E-state index in [2.05, 4.69) is 5.32 Å². The van der Waals surface area contributed by atoms with Gasteiger partial charge >= 0.3 is 5.69 Å². The second kappa shape index (κ2) is 11.1. The Bertz CT molecular complexity index is 1350. The summed E-state index contributed by atoms with van der Waals surface area (Å²) in [6.07, 6.45) is 4.30. The summed E-state index contributed by atoms with van der Waals surface area (Å²) in [4.78, 5) is 37.3. The molecule has 184 valence electrons. The van der Waals surface area contributed by atoms with Gasteiger partial charge in [0.05, 0.1) is 40.3 Å². The number of amides is 1. The summed E-state index contributed by atoms with van der Waals surface area (Å²) in [7, 11) is 6.02. The van der Waals surface area contributed by atoms with Crippen molar-refractivity contribution in [2.24, 2.45) is 0 Å². The number of ether oxygens (including phenoxy) is 4. The van der Waals surface area contributed by atoms with Crippen LogP contribution < -0.4 is 35.5 Å². The highest BCUT2D eigenvalue weighted by molar-refractivity contribution is 5.92. The fourth-order valence-electron chi connectivity index (χ4n) is 3.26. The lowest BCUT2D eigenvalue weighted by molar-refractivity contribution is -0.116. The topological polar surface area (TPSA) is 121 Å². The fourth-order valence-corrected chi connectivity index (χ4v) is 3.26. The highest BCUT2D eigenvalue weighted by Gasteiger charge is 2.13. The van der Waals surface area contributed by atoms with Crippen molar-refractivity contribution >= 4 is 23.7 Å². The van der Waals surface area contributed by atoms with Crippen molar-refractivity contribution in [1.82, 2.24) is 9.55 Å². The SMILES string of the molecule is COc1ccc(C=Cc2cc(OC)c(OC)c(OC)c2)cc1NC(=O)Cn1cc(F)c(=O)[nH]c1=O. The number of aromatic nitrogens is 2. The third-order valence-electron chi connectivity index (χ3n) is 4.93. The van der Waals surface area contributed by atoms with E-state index in [4.69, 9.17) is 18.9 Å². The molecule has 35 heavy (non-hydrogen) atoms. The van der Waals surface area contributed by atoms with Crippen LogP contribution in [0.3, 0.4) is 0 Å². The number of methoxy groups -OCH3 is 4. The molecule has 0 aliphatic carbocycles. The van der Waals surface area contributed by atoms with E-state index in [-0.39, 0.29) is 0 Å². The van der Waals surface area contributed by atoms with Crippen molar-refractivity contribution in [1.29, 1.82) is 0 Å². The molecular formula is C24H24FN3O7. The molecular weight excluding hydrogens is 461 g/mol. The summed E-state index contributed by atoms with van der Waals surface area (Å²) in [6.45, 7) is -0.513. The van der Waals surface area contributed by atoms with Gasteiger partial charge in [0.1, 0.15) is 12.3 Å². The fraction of sp³-hybridized carbons (Fsp3) is 0.208. The summed E-state index contributed by atoms with van der Waals surface area (Å²) in [6, 6.07) is 8.68. The number of aromatic amines is 1. The number of rotatable bonds is 9. The highest BCUT2D eigenvalue weighted by atomic mass is 19.1. The predicted molar refractivity (Wildman–Crippen MR) is 128 cm³/mol. The van der Waals surface area contributed by atoms with Gasteiger partial charge in [-0.15, -0.1) is 0 Å². The van der Waals surface area contributed by atoms with Crippen molar-refractivity contribution in [3.8, 4) is 23.0 Å². The number of halogens is 1. The van der Waals surface area contributed by atoms with Crippen LogP contribution >= 0.6 is 0 Å². The molecule has 2 N–H and O–H groups in total. The molecule has 0 saturated carbocycles. The highest BCUT2D eigenvalue weighted by Crippen LogP contribution is 2.38. The van der Waals surface area contributed by atoms with Gasteiger partial charge in [0.15, 0.2) is 11.5 Å². The Balaban J connectivity index is 1.84. The maximum atomic E-state index is 13.5. The Kier molecular flexibility index (Phi) is 7.92. The molecule has 0 spiro atoms. The third-order valence-corrected chi connectivity index (χ3v) is 4.93. The Morgan fingerprint density at radius 1 is 0.943 bits per heavy atom. The van der Waals surface area contributed by atoms with E-state index in [1.54, 1.807) is 41.4 Å².